The molecule has 0 aromatic carbocycles. The lowest BCUT2D eigenvalue weighted by atomic mass is 9.91. The zero-order valence-corrected chi connectivity index (χ0v) is 11.4. The Morgan fingerprint density at radius 1 is 1.61 bits per heavy atom. The summed E-state index contributed by atoms with van der Waals surface area (Å²) in [5.74, 6) is -0.155. The predicted octanol–water partition coefficient (Wildman–Crippen LogP) is 2.14. The fourth-order valence-electron chi connectivity index (χ4n) is 2.53. The van der Waals surface area contributed by atoms with E-state index >= 15 is 0 Å². The molecule has 100 valence electrons. The third-order valence-electron chi connectivity index (χ3n) is 3.60. The number of hydrogen-bond acceptors (Lipinski definition) is 4. The lowest BCUT2D eigenvalue weighted by Gasteiger charge is -2.29. The molecule has 0 amide bonds. The average molecular weight is 268 g/mol. The highest BCUT2D eigenvalue weighted by Gasteiger charge is 2.24. The van der Waals surface area contributed by atoms with Gasteiger partial charge in [0, 0.05) is 15.8 Å². The molecule has 4 nitrogen and oxygen atoms in total. The van der Waals surface area contributed by atoms with E-state index < -0.39 is 5.97 Å². The highest BCUT2D eigenvalue weighted by atomic mass is 32.1. The van der Waals surface area contributed by atoms with Gasteiger partial charge < -0.3 is 16.2 Å². The molecule has 1 aliphatic rings. The summed E-state index contributed by atoms with van der Waals surface area (Å²) in [7, 11) is 0. The fraction of sp³-hybridized carbons (Fsp3) is 0.615. The topological polar surface area (TPSA) is 75.3 Å². The molecule has 5 heteroatoms. The smallest absolute Gasteiger partial charge is 0.336 e. The van der Waals surface area contributed by atoms with Gasteiger partial charge in [0.2, 0.25) is 0 Å². The number of aryl methyl sites for hydroxylation is 1. The van der Waals surface area contributed by atoms with E-state index in [2.05, 4.69) is 5.32 Å². The minimum Gasteiger partial charge on any atom is -0.478 e. The molecule has 1 aromatic heterocycles. The predicted molar refractivity (Wildman–Crippen MR) is 73.2 cm³/mol. The number of hydrogen-bond donors (Lipinski definition) is 3. The first-order chi connectivity index (χ1) is 8.61. The molecule has 2 rings (SSSR count). The number of rotatable bonds is 4. The third kappa shape index (κ3) is 2.91. The Morgan fingerprint density at radius 3 is 2.89 bits per heavy atom. The first-order valence-corrected chi connectivity index (χ1v) is 7.20. The van der Waals surface area contributed by atoms with Crippen molar-refractivity contribution in [2.24, 2.45) is 11.7 Å². The average Bonchev–Trinajstić information content (AvgIpc) is 2.73. The molecule has 18 heavy (non-hydrogen) atoms. The van der Waals surface area contributed by atoms with Crippen molar-refractivity contribution in [3.05, 3.63) is 21.4 Å². The molecule has 2 atom stereocenters. The molecule has 0 saturated carbocycles. The highest BCUT2D eigenvalue weighted by Crippen LogP contribution is 2.33. The summed E-state index contributed by atoms with van der Waals surface area (Å²) < 4.78 is 0. The van der Waals surface area contributed by atoms with Crippen LogP contribution in [0.2, 0.25) is 0 Å². The number of aromatic carboxylic acids is 1. The number of carboxylic acids is 1. The van der Waals surface area contributed by atoms with Crippen molar-refractivity contribution in [2.75, 3.05) is 13.1 Å². The number of nitrogens with two attached hydrogens (primary N) is 1. The van der Waals surface area contributed by atoms with Crippen molar-refractivity contribution in [3.63, 3.8) is 0 Å². The van der Waals surface area contributed by atoms with Crippen LogP contribution >= 0.6 is 11.3 Å². The first-order valence-electron chi connectivity index (χ1n) is 6.39. The van der Waals surface area contributed by atoms with Gasteiger partial charge in [-0.1, -0.05) is 0 Å². The van der Waals surface area contributed by atoms with Crippen molar-refractivity contribution in [2.45, 2.75) is 32.2 Å². The van der Waals surface area contributed by atoms with Crippen molar-refractivity contribution < 1.29 is 9.90 Å². The number of carbonyl (C=O) groups is 1. The maximum absolute atomic E-state index is 11.0. The van der Waals surface area contributed by atoms with Crippen LogP contribution in [0.5, 0.6) is 0 Å². The Hall–Kier alpha value is -0.910. The molecule has 1 fully saturated rings. The second kappa shape index (κ2) is 5.82. The second-order valence-corrected chi connectivity index (χ2v) is 6.19. The van der Waals surface area contributed by atoms with Crippen molar-refractivity contribution in [1.29, 1.82) is 0 Å². The van der Waals surface area contributed by atoms with Crippen LogP contribution in [0.4, 0.5) is 0 Å². The van der Waals surface area contributed by atoms with E-state index in [1.54, 1.807) is 11.3 Å². The van der Waals surface area contributed by atoms with Crippen LogP contribution in [-0.2, 0) is 0 Å². The van der Waals surface area contributed by atoms with E-state index in [1.165, 1.54) is 6.42 Å². The van der Waals surface area contributed by atoms with E-state index in [4.69, 9.17) is 10.8 Å². The lowest BCUT2D eigenvalue weighted by Crippen LogP contribution is -2.33. The Morgan fingerprint density at radius 2 is 2.39 bits per heavy atom. The Balaban J connectivity index is 2.01. The van der Waals surface area contributed by atoms with Crippen LogP contribution in [0.3, 0.4) is 0 Å². The van der Waals surface area contributed by atoms with Crippen LogP contribution in [0.15, 0.2) is 6.07 Å². The van der Waals surface area contributed by atoms with E-state index in [1.807, 2.05) is 13.0 Å². The fourth-order valence-corrected chi connectivity index (χ4v) is 3.66. The molecule has 0 radical (unpaired) electrons. The van der Waals surface area contributed by atoms with Gasteiger partial charge in [0.1, 0.15) is 0 Å². The van der Waals surface area contributed by atoms with Crippen LogP contribution in [0.25, 0.3) is 0 Å². The number of thiophene rings is 1. The van der Waals surface area contributed by atoms with Gasteiger partial charge in [0.15, 0.2) is 0 Å². The molecule has 2 heterocycles. The summed E-state index contributed by atoms with van der Waals surface area (Å²) in [5, 5.41) is 12.6. The Labute approximate surface area is 111 Å². The van der Waals surface area contributed by atoms with Gasteiger partial charge >= 0.3 is 5.97 Å². The van der Waals surface area contributed by atoms with Gasteiger partial charge in [-0.25, -0.2) is 4.79 Å². The first kappa shape index (κ1) is 13.5. The summed E-state index contributed by atoms with van der Waals surface area (Å²) >= 11 is 1.60. The summed E-state index contributed by atoms with van der Waals surface area (Å²) in [6, 6.07) is 2.14. The number of piperidine rings is 1. The maximum atomic E-state index is 11.0. The molecule has 0 spiro atoms. The van der Waals surface area contributed by atoms with Gasteiger partial charge in [0.05, 0.1) is 5.56 Å². The number of carboxylic acid groups (broad SMARTS) is 1. The molecule has 0 bridgehead atoms. The Bertz CT molecular complexity index is 423. The largest absolute Gasteiger partial charge is 0.478 e. The second-order valence-electron chi connectivity index (χ2n) is 4.91. The van der Waals surface area contributed by atoms with Crippen LogP contribution in [-0.4, -0.2) is 24.2 Å². The van der Waals surface area contributed by atoms with Crippen molar-refractivity contribution in [1.82, 2.24) is 5.32 Å². The standard InChI is InChI=1S/C13H20N2O2S/c1-8-10(13(16)17)6-12(18-8)11-3-2-9(4-5-14)7-15-11/h6,9,11,15H,2-5,7,14H2,1H3,(H,16,17). The van der Waals surface area contributed by atoms with Gasteiger partial charge in [0.25, 0.3) is 0 Å². The molecular formula is C13H20N2O2S. The molecule has 1 aromatic rings. The van der Waals surface area contributed by atoms with E-state index in [-0.39, 0.29) is 0 Å². The minimum atomic E-state index is -0.827. The summed E-state index contributed by atoms with van der Waals surface area (Å²) in [4.78, 5) is 13.1. The number of nitrogens with one attached hydrogen (secondary N) is 1. The highest BCUT2D eigenvalue weighted by molar-refractivity contribution is 7.12. The zero-order valence-electron chi connectivity index (χ0n) is 10.6. The summed E-state index contributed by atoms with van der Waals surface area (Å²) in [6.45, 7) is 3.61. The van der Waals surface area contributed by atoms with E-state index in [0.717, 1.165) is 35.7 Å². The lowest BCUT2D eigenvalue weighted by molar-refractivity contribution is 0.0696. The SMILES string of the molecule is Cc1sc(C2CCC(CCN)CN2)cc1C(=O)O. The van der Waals surface area contributed by atoms with Crippen LogP contribution in [0, 0.1) is 12.8 Å². The van der Waals surface area contributed by atoms with Gasteiger partial charge in [-0.2, -0.15) is 0 Å². The maximum Gasteiger partial charge on any atom is 0.336 e. The zero-order chi connectivity index (χ0) is 13.1. The Kier molecular flexibility index (Phi) is 4.37. The van der Waals surface area contributed by atoms with Crippen molar-refractivity contribution >= 4 is 17.3 Å². The van der Waals surface area contributed by atoms with E-state index in [0.29, 0.717) is 17.5 Å². The quantitative estimate of drug-likeness (QED) is 0.782. The van der Waals surface area contributed by atoms with Gasteiger partial charge in [-0.05, 0) is 51.3 Å². The minimum absolute atomic E-state index is 0.316. The summed E-state index contributed by atoms with van der Waals surface area (Å²) in [6.07, 6.45) is 3.32. The molecular weight excluding hydrogens is 248 g/mol. The van der Waals surface area contributed by atoms with Crippen LogP contribution < -0.4 is 11.1 Å². The van der Waals surface area contributed by atoms with E-state index in [9.17, 15) is 4.79 Å². The summed E-state index contributed by atoms with van der Waals surface area (Å²) in [5.41, 5.74) is 6.02. The van der Waals surface area contributed by atoms with Crippen LogP contribution in [0.1, 0.15) is 45.4 Å². The normalized spacial score (nSPS) is 24.1. The molecule has 0 aliphatic carbocycles. The third-order valence-corrected chi connectivity index (χ3v) is 4.77. The molecule has 2 unspecified atom stereocenters. The van der Waals surface area contributed by atoms with Gasteiger partial charge in [-0.15, -0.1) is 11.3 Å². The van der Waals surface area contributed by atoms with Gasteiger partial charge in [-0.3, -0.25) is 0 Å². The molecule has 1 aliphatic heterocycles. The van der Waals surface area contributed by atoms with Crippen molar-refractivity contribution in [3.8, 4) is 0 Å². The monoisotopic (exact) mass is 268 g/mol. The molecule has 1 saturated heterocycles. The molecule has 4 N–H and O–H groups in total.